The van der Waals surface area contributed by atoms with Crippen molar-refractivity contribution in [2.45, 2.75) is 33.1 Å². The molecule has 4 aromatic rings. The Kier molecular flexibility index (Phi) is 7.21. The molecule has 0 atom stereocenters. The van der Waals surface area contributed by atoms with Crippen molar-refractivity contribution in [3.63, 3.8) is 0 Å². The van der Waals surface area contributed by atoms with E-state index in [9.17, 15) is 14.4 Å². The van der Waals surface area contributed by atoms with E-state index >= 15 is 0 Å². The fourth-order valence-corrected chi connectivity index (χ4v) is 4.25. The fraction of sp³-hybridized carbons (Fsp3) is 0.194. The lowest BCUT2D eigenvalue weighted by Gasteiger charge is -2.19. The Morgan fingerprint density at radius 1 is 0.868 bits per heavy atom. The maximum Gasteiger partial charge on any atom is 0.274 e. The lowest BCUT2D eigenvalue weighted by Crippen LogP contribution is -2.20. The molecule has 7 nitrogen and oxygen atoms in total. The average Bonchev–Trinajstić information content (AvgIpc) is 2.87. The highest BCUT2D eigenvalue weighted by Crippen LogP contribution is 2.30. The number of nitrogens with two attached hydrogens (primary N) is 1. The molecule has 2 amide bonds. The van der Waals surface area contributed by atoms with E-state index in [1.54, 1.807) is 43.6 Å². The quantitative estimate of drug-likeness (QED) is 0.308. The molecule has 1 aromatic heterocycles. The van der Waals surface area contributed by atoms with Crippen LogP contribution in [0.4, 0.5) is 17.1 Å². The molecule has 194 valence electrons. The van der Waals surface area contributed by atoms with Crippen molar-refractivity contribution in [3.05, 3.63) is 112 Å². The zero-order valence-electron chi connectivity index (χ0n) is 22.3. The Hall–Kier alpha value is -4.65. The van der Waals surface area contributed by atoms with Crippen molar-refractivity contribution in [2.75, 3.05) is 10.6 Å². The number of carbonyl (C=O) groups excluding carboxylic acids is 2. The monoisotopic (exact) mass is 508 g/mol. The number of anilines is 3. The Morgan fingerprint density at radius 3 is 2.21 bits per heavy atom. The smallest absolute Gasteiger partial charge is 0.274 e. The Bertz CT molecular complexity index is 1580. The van der Waals surface area contributed by atoms with Gasteiger partial charge < -0.3 is 20.9 Å². The molecule has 0 aliphatic carbocycles. The second kappa shape index (κ2) is 10.4. The SMILES string of the molecule is Cc1c(NC(=O)c2ccc(C(C)(C)C)cc2)cccc1-c1cc(Nc2cccc(C(N)=O)c2)c(=O)n(C)c1. The highest BCUT2D eigenvalue weighted by Gasteiger charge is 2.16. The van der Waals surface area contributed by atoms with Crippen LogP contribution in [0, 0.1) is 6.92 Å². The van der Waals surface area contributed by atoms with Gasteiger partial charge in [-0.05, 0) is 71.5 Å². The van der Waals surface area contributed by atoms with Gasteiger partial charge in [-0.1, -0.05) is 51.1 Å². The number of aryl methyl sites for hydroxylation is 1. The highest BCUT2D eigenvalue weighted by molar-refractivity contribution is 6.05. The van der Waals surface area contributed by atoms with Gasteiger partial charge in [-0.3, -0.25) is 14.4 Å². The van der Waals surface area contributed by atoms with Crippen molar-refractivity contribution < 1.29 is 9.59 Å². The molecule has 4 N–H and O–H groups in total. The normalized spacial score (nSPS) is 11.2. The number of amides is 2. The van der Waals surface area contributed by atoms with E-state index in [0.717, 1.165) is 22.3 Å². The van der Waals surface area contributed by atoms with E-state index in [2.05, 4.69) is 31.4 Å². The number of aromatic nitrogens is 1. The van der Waals surface area contributed by atoms with Crippen LogP contribution in [0.15, 0.2) is 83.8 Å². The second-order valence-electron chi connectivity index (χ2n) is 10.4. The van der Waals surface area contributed by atoms with E-state index in [0.29, 0.717) is 28.2 Å². The summed E-state index contributed by atoms with van der Waals surface area (Å²) < 4.78 is 1.50. The van der Waals surface area contributed by atoms with Gasteiger partial charge in [-0.2, -0.15) is 0 Å². The molecule has 0 saturated heterocycles. The zero-order chi connectivity index (χ0) is 27.6. The molecule has 0 unspecified atom stereocenters. The predicted molar refractivity (Wildman–Crippen MR) is 153 cm³/mol. The summed E-state index contributed by atoms with van der Waals surface area (Å²) in [7, 11) is 1.68. The molecule has 0 saturated carbocycles. The average molecular weight is 509 g/mol. The first kappa shape index (κ1) is 26.4. The number of nitrogens with zero attached hydrogens (tertiary/aromatic N) is 1. The summed E-state index contributed by atoms with van der Waals surface area (Å²) in [6.07, 6.45) is 1.76. The van der Waals surface area contributed by atoms with E-state index < -0.39 is 5.91 Å². The second-order valence-corrected chi connectivity index (χ2v) is 10.4. The number of benzene rings is 3. The van der Waals surface area contributed by atoms with Crippen molar-refractivity contribution >= 4 is 28.9 Å². The van der Waals surface area contributed by atoms with Crippen LogP contribution in [-0.4, -0.2) is 16.4 Å². The molecule has 0 spiro atoms. The van der Waals surface area contributed by atoms with Crippen LogP contribution in [0.25, 0.3) is 11.1 Å². The molecule has 1 heterocycles. The Labute approximate surface area is 222 Å². The van der Waals surface area contributed by atoms with E-state index in [1.807, 2.05) is 49.4 Å². The van der Waals surface area contributed by atoms with Gasteiger partial charge in [0.1, 0.15) is 5.69 Å². The molecular weight excluding hydrogens is 476 g/mol. The lowest BCUT2D eigenvalue weighted by molar-refractivity contribution is 0.0997. The van der Waals surface area contributed by atoms with Crippen LogP contribution in [0.3, 0.4) is 0 Å². The third-order valence-electron chi connectivity index (χ3n) is 6.52. The fourth-order valence-electron chi connectivity index (χ4n) is 4.25. The summed E-state index contributed by atoms with van der Waals surface area (Å²) in [6, 6.07) is 21.8. The van der Waals surface area contributed by atoms with Gasteiger partial charge in [0.15, 0.2) is 0 Å². The molecule has 0 bridgehead atoms. The Balaban J connectivity index is 1.64. The first-order valence-corrected chi connectivity index (χ1v) is 12.3. The van der Waals surface area contributed by atoms with Crippen LogP contribution in [-0.2, 0) is 12.5 Å². The number of nitrogens with one attached hydrogen (secondary N) is 2. The molecule has 7 heteroatoms. The molecular formula is C31H32N4O3. The standard InChI is InChI=1S/C31H32N4O3/c1-19-25(10-7-11-26(19)34-29(37)20-12-14-23(15-13-20)31(2,3)4)22-17-27(30(38)35(5)18-22)33-24-9-6-8-21(16-24)28(32)36/h6-18,33H,1-5H3,(H2,32,36)(H,34,37). The first-order chi connectivity index (χ1) is 17.9. The van der Waals surface area contributed by atoms with Gasteiger partial charge in [0, 0.05) is 41.3 Å². The number of hydrogen-bond donors (Lipinski definition) is 3. The summed E-state index contributed by atoms with van der Waals surface area (Å²) in [5.41, 5.74) is 11.4. The number of pyridine rings is 1. The molecule has 0 fully saturated rings. The van der Waals surface area contributed by atoms with Crippen LogP contribution >= 0.6 is 0 Å². The summed E-state index contributed by atoms with van der Waals surface area (Å²) in [4.78, 5) is 37.4. The summed E-state index contributed by atoms with van der Waals surface area (Å²) in [5.74, 6) is -0.738. The Morgan fingerprint density at radius 2 is 1.55 bits per heavy atom. The first-order valence-electron chi connectivity index (χ1n) is 12.3. The van der Waals surface area contributed by atoms with Gasteiger partial charge >= 0.3 is 0 Å². The molecule has 0 aliphatic heterocycles. The minimum absolute atomic E-state index is 0.00800. The van der Waals surface area contributed by atoms with E-state index in [1.165, 1.54) is 4.57 Å². The number of primary amides is 1. The van der Waals surface area contributed by atoms with Gasteiger partial charge in [0.25, 0.3) is 11.5 Å². The van der Waals surface area contributed by atoms with Crippen molar-refractivity contribution in [2.24, 2.45) is 12.8 Å². The summed E-state index contributed by atoms with van der Waals surface area (Å²) in [6.45, 7) is 8.34. The van der Waals surface area contributed by atoms with Gasteiger partial charge in [0.2, 0.25) is 5.91 Å². The number of rotatable bonds is 6. The maximum atomic E-state index is 13.0. The highest BCUT2D eigenvalue weighted by atomic mass is 16.2. The van der Waals surface area contributed by atoms with Crippen molar-refractivity contribution in [1.29, 1.82) is 0 Å². The lowest BCUT2D eigenvalue weighted by atomic mass is 9.86. The van der Waals surface area contributed by atoms with Gasteiger partial charge in [0.05, 0.1) is 0 Å². The van der Waals surface area contributed by atoms with Gasteiger partial charge in [-0.25, -0.2) is 0 Å². The van der Waals surface area contributed by atoms with Gasteiger partial charge in [-0.15, -0.1) is 0 Å². The topological polar surface area (TPSA) is 106 Å². The summed E-state index contributed by atoms with van der Waals surface area (Å²) >= 11 is 0. The van der Waals surface area contributed by atoms with E-state index in [-0.39, 0.29) is 16.9 Å². The molecule has 4 rings (SSSR count). The minimum Gasteiger partial charge on any atom is -0.366 e. The molecule has 38 heavy (non-hydrogen) atoms. The van der Waals surface area contributed by atoms with Crippen LogP contribution in [0.5, 0.6) is 0 Å². The minimum atomic E-state index is -0.546. The van der Waals surface area contributed by atoms with E-state index in [4.69, 9.17) is 5.73 Å². The predicted octanol–water partition coefficient (Wildman–Crippen LogP) is 5.75. The van der Waals surface area contributed by atoms with Crippen LogP contribution < -0.4 is 21.9 Å². The number of carbonyl (C=O) groups is 2. The van der Waals surface area contributed by atoms with Crippen molar-refractivity contribution in [3.8, 4) is 11.1 Å². The van der Waals surface area contributed by atoms with Crippen LogP contribution in [0.2, 0.25) is 0 Å². The maximum absolute atomic E-state index is 13.0. The third-order valence-corrected chi connectivity index (χ3v) is 6.52. The number of hydrogen-bond acceptors (Lipinski definition) is 4. The molecule has 0 aliphatic rings. The zero-order valence-corrected chi connectivity index (χ0v) is 22.3. The summed E-state index contributed by atoms with van der Waals surface area (Å²) in [5, 5.41) is 6.14. The van der Waals surface area contributed by atoms with Crippen molar-refractivity contribution in [1.82, 2.24) is 4.57 Å². The molecule has 3 aromatic carbocycles. The molecule has 0 radical (unpaired) electrons. The third kappa shape index (κ3) is 5.67. The largest absolute Gasteiger partial charge is 0.366 e. The van der Waals surface area contributed by atoms with Crippen LogP contribution in [0.1, 0.15) is 52.6 Å².